The first-order valence-electron chi connectivity index (χ1n) is 8.24. The largest absolute Gasteiger partial charge is 0.318 e. The molecule has 0 aliphatic rings. The molecule has 3 rings (SSSR count). The van der Waals surface area contributed by atoms with Crippen molar-refractivity contribution in [2.45, 2.75) is 13.0 Å². The molecule has 1 unspecified atom stereocenters. The molecule has 0 fully saturated rings. The summed E-state index contributed by atoms with van der Waals surface area (Å²) in [6, 6.07) is 8.70. The van der Waals surface area contributed by atoms with Gasteiger partial charge in [0.2, 0.25) is 5.91 Å². The fraction of sp³-hybridized carbons (Fsp3) is 0.278. The third-order valence-electron chi connectivity index (χ3n) is 4.41. The Hall–Kier alpha value is -2.84. The number of rotatable bonds is 5. The van der Waals surface area contributed by atoms with Crippen LogP contribution in [-0.4, -0.2) is 32.1 Å². The SMILES string of the molecule is CNC(C(=O)Nc1c(C)n(C)n(-c2ccccc2)c1=O)c1cnn(C)c1.Cl. The van der Waals surface area contributed by atoms with E-state index in [1.165, 1.54) is 4.68 Å². The van der Waals surface area contributed by atoms with Gasteiger partial charge in [0.1, 0.15) is 11.7 Å². The van der Waals surface area contributed by atoms with Gasteiger partial charge in [-0.05, 0) is 26.1 Å². The van der Waals surface area contributed by atoms with Gasteiger partial charge in [-0.1, -0.05) is 18.2 Å². The summed E-state index contributed by atoms with van der Waals surface area (Å²) in [6.07, 6.45) is 3.39. The minimum Gasteiger partial charge on any atom is -0.318 e. The minimum atomic E-state index is -0.604. The Morgan fingerprint density at radius 2 is 1.85 bits per heavy atom. The van der Waals surface area contributed by atoms with Crippen molar-refractivity contribution in [3.8, 4) is 5.69 Å². The van der Waals surface area contributed by atoms with E-state index in [0.717, 1.165) is 11.3 Å². The molecular formula is C18H23ClN6O2. The highest BCUT2D eigenvalue weighted by atomic mass is 35.5. The highest BCUT2D eigenvalue weighted by molar-refractivity contribution is 5.95. The van der Waals surface area contributed by atoms with Crippen LogP contribution in [0.5, 0.6) is 0 Å². The van der Waals surface area contributed by atoms with Gasteiger partial charge in [0.25, 0.3) is 5.56 Å². The number of nitrogens with one attached hydrogen (secondary N) is 2. The van der Waals surface area contributed by atoms with Gasteiger partial charge in [-0.15, -0.1) is 12.4 Å². The van der Waals surface area contributed by atoms with E-state index in [1.807, 2.05) is 30.3 Å². The summed E-state index contributed by atoms with van der Waals surface area (Å²) in [5.41, 5.74) is 2.13. The minimum absolute atomic E-state index is 0. The van der Waals surface area contributed by atoms with Crippen molar-refractivity contribution in [2.24, 2.45) is 14.1 Å². The van der Waals surface area contributed by atoms with Gasteiger partial charge in [0.05, 0.1) is 17.6 Å². The highest BCUT2D eigenvalue weighted by Gasteiger charge is 2.24. The molecule has 2 aromatic heterocycles. The van der Waals surface area contributed by atoms with E-state index in [9.17, 15) is 9.59 Å². The van der Waals surface area contributed by atoms with Gasteiger partial charge in [-0.25, -0.2) is 4.68 Å². The highest BCUT2D eigenvalue weighted by Crippen LogP contribution is 2.17. The molecule has 3 aromatic rings. The van der Waals surface area contributed by atoms with E-state index >= 15 is 0 Å². The maximum atomic E-state index is 12.9. The zero-order valence-corrected chi connectivity index (χ0v) is 16.4. The Bertz CT molecular complexity index is 989. The van der Waals surface area contributed by atoms with Crippen molar-refractivity contribution in [1.29, 1.82) is 0 Å². The standard InChI is InChI=1S/C18H22N6O2.ClH/c1-12-15(18(26)24(23(12)4)14-8-6-5-7-9-14)21-17(25)16(19-2)13-10-20-22(3)11-13;/h5-11,16,19H,1-4H3,(H,21,25);1H. The van der Waals surface area contributed by atoms with Crippen molar-refractivity contribution < 1.29 is 4.79 Å². The fourth-order valence-corrected chi connectivity index (χ4v) is 2.95. The zero-order valence-electron chi connectivity index (χ0n) is 15.6. The van der Waals surface area contributed by atoms with Crippen LogP contribution >= 0.6 is 12.4 Å². The van der Waals surface area contributed by atoms with Crippen molar-refractivity contribution in [2.75, 3.05) is 12.4 Å². The third-order valence-corrected chi connectivity index (χ3v) is 4.41. The van der Waals surface area contributed by atoms with E-state index in [1.54, 1.807) is 49.8 Å². The number of aryl methyl sites for hydroxylation is 1. The molecule has 2 N–H and O–H groups in total. The van der Waals surface area contributed by atoms with Gasteiger partial charge in [-0.3, -0.25) is 19.0 Å². The lowest BCUT2D eigenvalue weighted by molar-refractivity contribution is -0.118. The number of hydrogen-bond donors (Lipinski definition) is 2. The Morgan fingerprint density at radius 3 is 2.41 bits per heavy atom. The molecule has 144 valence electrons. The molecule has 0 aliphatic heterocycles. The average molecular weight is 391 g/mol. The lowest BCUT2D eigenvalue weighted by Crippen LogP contribution is -2.32. The van der Waals surface area contributed by atoms with Gasteiger partial charge >= 0.3 is 0 Å². The van der Waals surface area contributed by atoms with E-state index in [-0.39, 0.29) is 29.6 Å². The second kappa shape index (κ2) is 8.24. The Labute approximate surface area is 163 Å². The average Bonchev–Trinajstić information content (AvgIpc) is 3.14. The van der Waals surface area contributed by atoms with E-state index in [0.29, 0.717) is 5.69 Å². The van der Waals surface area contributed by atoms with E-state index < -0.39 is 6.04 Å². The lowest BCUT2D eigenvalue weighted by atomic mass is 10.1. The van der Waals surface area contributed by atoms with Crippen molar-refractivity contribution in [3.63, 3.8) is 0 Å². The van der Waals surface area contributed by atoms with Crippen LogP contribution < -0.4 is 16.2 Å². The van der Waals surface area contributed by atoms with Crippen LogP contribution in [0, 0.1) is 6.92 Å². The summed E-state index contributed by atoms with van der Waals surface area (Å²) in [7, 11) is 5.27. The van der Waals surface area contributed by atoms with Crippen LogP contribution in [0.25, 0.3) is 5.69 Å². The number of anilines is 1. The van der Waals surface area contributed by atoms with Crippen LogP contribution in [-0.2, 0) is 18.9 Å². The number of amides is 1. The summed E-state index contributed by atoms with van der Waals surface area (Å²) >= 11 is 0. The van der Waals surface area contributed by atoms with E-state index in [4.69, 9.17) is 0 Å². The smallest absolute Gasteiger partial charge is 0.295 e. The number of likely N-dealkylation sites (N-methyl/N-ethyl adjacent to an activating group) is 1. The first-order valence-corrected chi connectivity index (χ1v) is 8.24. The molecule has 1 atom stereocenters. The molecule has 0 bridgehead atoms. The van der Waals surface area contributed by atoms with E-state index in [2.05, 4.69) is 15.7 Å². The van der Waals surface area contributed by atoms with Gasteiger partial charge in [-0.2, -0.15) is 5.10 Å². The molecule has 2 heterocycles. The van der Waals surface area contributed by atoms with Crippen molar-refractivity contribution in [1.82, 2.24) is 24.5 Å². The quantitative estimate of drug-likeness (QED) is 0.692. The Morgan fingerprint density at radius 1 is 1.19 bits per heavy atom. The lowest BCUT2D eigenvalue weighted by Gasteiger charge is -2.13. The molecule has 0 aliphatic carbocycles. The molecule has 27 heavy (non-hydrogen) atoms. The van der Waals surface area contributed by atoms with Crippen LogP contribution in [0.2, 0.25) is 0 Å². The van der Waals surface area contributed by atoms with Crippen LogP contribution in [0.3, 0.4) is 0 Å². The summed E-state index contributed by atoms with van der Waals surface area (Å²) < 4.78 is 4.89. The number of nitrogens with zero attached hydrogens (tertiary/aromatic N) is 4. The van der Waals surface area contributed by atoms with Gasteiger partial charge < -0.3 is 10.6 Å². The summed E-state index contributed by atoms with van der Waals surface area (Å²) in [6.45, 7) is 1.80. The fourth-order valence-electron chi connectivity index (χ4n) is 2.95. The predicted molar refractivity (Wildman–Crippen MR) is 107 cm³/mol. The summed E-state index contributed by atoms with van der Waals surface area (Å²) in [5, 5.41) is 9.83. The first-order chi connectivity index (χ1) is 12.4. The number of halogens is 1. The van der Waals surface area contributed by atoms with Crippen molar-refractivity contribution in [3.05, 3.63) is 64.3 Å². The monoisotopic (exact) mass is 390 g/mol. The number of para-hydroxylation sites is 1. The molecule has 1 amide bonds. The molecule has 9 heteroatoms. The normalized spacial score (nSPS) is 11.7. The summed E-state index contributed by atoms with van der Waals surface area (Å²) in [5.74, 6) is -0.313. The second-order valence-corrected chi connectivity index (χ2v) is 6.09. The molecule has 0 spiro atoms. The van der Waals surface area contributed by atoms with Crippen LogP contribution in [0.1, 0.15) is 17.3 Å². The summed E-state index contributed by atoms with van der Waals surface area (Å²) in [4.78, 5) is 25.6. The second-order valence-electron chi connectivity index (χ2n) is 6.09. The zero-order chi connectivity index (χ0) is 18.8. The molecule has 0 saturated heterocycles. The maximum absolute atomic E-state index is 12.9. The van der Waals surface area contributed by atoms with Crippen LogP contribution in [0.15, 0.2) is 47.5 Å². The molecule has 0 radical (unpaired) electrons. The molecule has 0 saturated carbocycles. The van der Waals surface area contributed by atoms with Gasteiger partial charge in [0, 0.05) is 25.9 Å². The van der Waals surface area contributed by atoms with Crippen molar-refractivity contribution >= 4 is 24.0 Å². The number of hydrogen-bond acceptors (Lipinski definition) is 4. The maximum Gasteiger partial charge on any atom is 0.295 e. The molecule has 8 nitrogen and oxygen atoms in total. The Balaban J connectivity index is 0.00000261. The van der Waals surface area contributed by atoms with Gasteiger partial charge in [0.15, 0.2) is 0 Å². The molecule has 1 aromatic carbocycles. The number of benzene rings is 1. The van der Waals surface area contributed by atoms with Crippen LogP contribution in [0.4, 0.5) is 5.69 Å². The first kappa shape index (κ1) is 20.5. The topological polar surface area (TPSA) is 85.9 Å². The predicted octanol–water partition coefficient (Wildman–Crippen LogP) is 1.54. The number of aromatic nitrogens is 4. The number of carbonyl (C=O) groups is 1. The Kier molecular flexibility index (Phi) is 6.24. The third kappa shape index (κ3) is 3.81. The number of carbonyl (C=O) groups excluding carboxylic acids is 1. The molecular weight excluding hydrogens is 368 g/mol.